The van der Waals surface area contributed by atoms with Crippen LogP contribution in [0.1, 0.15) is 54.9 Å². The Kier molecular flexibility index (Phi) is 7.04. The van der Waals surface area contributed by atoms with Crippen LogP contribution in [0.15, 0.2) is 36.5 Å². The molecule has 12 nitrogen and oxygen atoms in total. The topological polar surface area (TPSA) is 183 Å². The molecule has 196 valence electrons. The van der Waals surface area contributed by atoms with Gasteiger partial charge in [0.2, 0.25) is 5.82 Å². The number of rotatable bonds is 9. The molecule has 0 spiro atoms. The van der Waals surface area contributed by atoms with E-state index in [0.717, 1.165) is 5.56 Å². The fourth-order valence-electron chi connectivity index (χ4n) is 4.55. The molecule has 5 rings (SSSR count). The normalized spacial score (nSPS) is 24.8. The maximum absolute atomic E-state index is 11.0. The number of aliphatic hydroxyl groups excluding tert-OH is 2. The van der Waals surface area contributed by atoms with E-state index in [9.17, 15) is 20.0 Å². The number of ether oxygens (including phenoxy) is 2. The average molecular weight is 529 g/mol. The van der Waals surface area contributed by atoms with Gasteiger partial charge in [-0.3, -0.25) is 4.57 Å². The summed E-state index contributed by atoms with van der Waals surface area (Å²) in [7, 11) is -4.39. The highest BCUT2D eigenvalue weighted by Crippen LogP contribution is 2.40. The van der Waals surface area contributed by atoms with E-state index < -0.39 is 38.5 Å². The number of fused-ring (bicyclic) bond motifs is 1. The Labute approximate surface area is 212 Å². The smallest absolute Gasteiger partial charge is 0.350 e. The quantitative estimate of drug-likeness (QED) is 0.256. The first-order valence-corrected chi connectivity index (χ1v) is 13.7. The molecule has 0 unspecified atom stereocenters. The van der Waals surface area contributed by atoms with Gasteiger partial charge in [0.15, 0.2) is 6.23 Å². The second kappa shape index (κ2) is 10.1. The lowest BCUT2D eigenvalue weighted by Gasteiger charge is -2.19. The minimum atomic E-state index is -4.39. The van der Waals surface area contributed by atoms with Crippen molar-refractivity contribution in [1.82, 2.24) is 14.5 Å². The van der Waals surface area contributed by atoms with E-state index >= 15 is 0 Å². The zero-order chi connectivity index (χ0) is 26.3. The van der Waals surface area contributed by atoms with Crippen LogP contribution in [0.3, 0.4) is 0 Å². The van der Waals surface area contributed by atoms with Crippen molar-refractivity contribution < 1.29 is 34.0 Å². The molecule has 0 bridgehead atoms. The molecule has 1 saturated carbocycles. The molecule has 5 N–H and O–H groups in total. The summed E-state index contributed by atoms with van der Waals surface area (Å²) < 4.78 is 23.3. The zero-order valence-corrected chi connectivity index (χ0v) is 20.9. The summed E-state index contributed by atoms with van der Waals surface area (Å²) in [4.78, 5) is 26.6. The molecule has 1 aromatic carbocycles. The van der Waals surface area contributed by atoms with Crippen LogP contribution >= 0.6 is 7.60 Å². The fraction of sp³-hybridized carbons (Fsp3) is 0.458. The Bertz CT molecular complexity index is 1360. The Morgan fingerprint density at radius 2 is 1.95 bits per heavy atom. The number of benzene rings is 1. The number of nitrogens with zero attached hydrogens (tertiary/aromatic N) is 4. The first kappa shape index (κ1) is 25.8. The van der Waals surface area contributed by atoms with Gasteiger partial charge in [-0.2, -0.15) is 5.26 Å². The summed E-state index contributed by atoms with van der Waals surface area (Å²) in [5, 5.41) is 34.6. The van der Waals surface area contributed by atoms with Crippen molar-refractivity contribution in [3.63, 3.8) is 0 Å². The molecule has 3 aromatic rings. The predicted molar refractivity (Wildman–Crippen MR) is 131 cm³/mol. The van der Waals surface area contributed by atoms with Crippen LogP contribution in [0.25, 0.3) is 11.0 Å². The van der Waals surface area contributed by atoms with Crippen molar-refractivity contribution in [2.45, 2.75) is 56.3 Å². The van der Waals surface area contributed by atoms with E-state index in [4.69, 9.17) is 19.3 Å². The van der Waals surface area contributed by atoms with Gasteiger partial charge in [-0.15, -0.1) is 0 Å². The average Bonchev–Trinajstić information content (AvgIpc) is 3.58. The van der Waals surface area contributed by atoms with Gasteiger partial charge in [0.05, 0.1) is 12.0 Å². The standard InChI is InChI=1S/C24H28N5O7P/c1-13(14-2-4-15(5-3-14)16-6-7-16)26-22-17-8-9-29(23(17)28-19(10-25)27-22)24-21(31)20(30)18(36-24)11-35-12-37(32,33)34/h2-5,8-9,13,16,18,20-21,24,30-31H,6-7,11-12H2,1H3,(H,26,27,28)(H2,32,33,34)/t13-,18+,20+,21+,24+/m0/s1. The predicted octanol–water partition coefficient (Wildman–Crippen LogP) is 2.12. The summed E-state index contributed by atoms with van der Waals surface area (Å²) in [6, 6.07) is 12.0. The molecule has 5 atom stereocenters. The molecule has 2 aliphatic rings. The van der Waals surface area contributed by atoms with E-state index in [0.29, 0.717) is 22.8 Å². The van der Waals surface area contributed by atoms with Crippen molar-refractivity contribution in [3.05, 3.63) is 53.5 Å². The summed E-state index contributed by atoms with van der Waals surface area (Å²) in [6.07, 6.45) is -1.60. The number of aliphatic hydroxyl groups is 2. The van der Waals surface area contributed by atoms with E-state index in [1.807, 2.05) is 13.0 Å². The maximum atomic E-state index is 11.0. The molecule has 37 heavy (non-hydrogen) atoms. The second-order valence-corrected chi connectivity index (χ2v) is 11.1. The van der Waals surface area contributed by atoms with Crippen LogP contribution in [-0.2, 0) is 14.0 Å². The number of hydrogen-bond donors (Lipinski definition) is 5. The molecular weight excluding hydrogens is 501 g/mol. The molecule has 2 aromatic heterocycles. The number of hydrogen-bond acceptors (Lipinski definition) is 9. The number of anilines is 1. The van der Waals surface area contributed by atoms with Gasteiger partial charge < -0.3 is 39.4 Å². The van der Waals surface area contributed by atoms with Gasteiger partial charge in [-0.25, -0.2) is 9.97 Å². The molecule has 1 aliphatic carbocycles. The third-order valence-corrected chi connectivity index (χ3v) is 7.18. The third-order valence-electron chi connectivity index (χ3n) is 6.66. The summed E-state index contributed by atoms with van der Waals surface area (Å²) in [5.41, 5.74) is 2.72. The molecule has 3 heterocycles. The van der Waals surface area contributed by atoms with E-state index in [1.165, 1.54) is 23.0 Å². The minimum absolute atomic E-state index is 0.0826. The van der Waals surface area contributed by atoms with Crippen molar-refractivity contribution in [2.24, 2.45) is 0 Å². The van der Waals surface area contributed by atoms with Gasteiger partial charge in [0, 0.05) is 12.2 Å². The van der Waals surface area contributed by atoms with Crippen molar-refractivity contribution >= 4 is 24.4 Å². The Balaban J connectivity index is 1.38. The number of nitriles is 1. The Morgan fingerprint density at radius 3 is 2.59 bits per heavy atom. The maximum Gasteiger partial charge on any atom is 0.350 e. The first-order chi connectivity index (χ1) is 17.6. The Morgan fingerprint density at radius 1 is 1.22 bits per heavy atom. The van der Waals surface area contributed by atoms with Gasteiger partial charge in [-0.1, -0.05) is 24.3 Å². The van der Waals surface area contributed by atoms with Gasteiger partial charge in [-0.05, 0) is 42.9 Å². The van der Waals surface area contributed by atoms with Crippen molar-refractivity contribution in [3.8, 4) is 6.07 Å². The first-order valence-electron chi connectivity index (χ1n) is 11.9. The van der Waals surface area contributed by atoms with Crippen LogP contribution in [0.2, 0.25) is 0 Å². The summed E-state index contributed by atoms with van der Waals surface area (Å²) in [6.45, 7) is 1.66. The van der Waals surface area contributed by atoms with Crippen LogP contribution in [0.4, 0.5) is 5.82 Å². The lowest BCUT2D eigenvalue weighted by molar-refractivity contribution is -0.0610. The molecule has 13 heteroatoms. The van der Waals surface area contributed by atoms with Crippen LogP contribution in [0.5, 0.6) is 0 Å². The van der Waals surface area contributed by atoms with Crippen LogP contribution in [-0.4, -0.2) is 65.8 Å². The molecule has 2 fully saturated rings. The number of nitrogens with one attached hydrogen (secondary N) is 1. The lowest BCUT2D eigenvalue weighted by Crippen LogP contribution is -2.33. The van der Waals surface area contributed by atoms with Crippen LogP contribution in [0, 0.1) is 11.3 Å². The van der Waals surface area contributed by atoms with E-state index in [1.54, 1.807) is 12.3 Å². The number of aromatic nitrogens is 3. The highest BCUT2D eigenvalue weighted by molar-refractivity contribution is 7.51. The van der Waals surface area contributed by atoms with Gasteiger partial charge >= 0.3 is 7.60 Å². The highest BCUT2D eigenvalue weighted by Gasteiger charge is 2.44. The molecule has 0 radical (unpaired) electrons. The zero-order valence-electron chi connectivity index (χ0n) is 20.0. The molecule has 1 saturated heterocycles. The lowest BCUT2D eigenvalue weighted by atomic mass is 10.0. The largest absolute Gasteiger partial charge is 0.387 e. The van der Waals surface area contributed by atoms with E-state index in [2.05, 4.69) is 39.6 Å². The summed E-state index contributed by atoms with van der Waals surface area (Å²) >= 11 is 0. The Hall–Kier alpha value is -2.88. The van der Waals surface area contributed by atoms with E-state index in [-0.39, 0.29) is 18.5 Å². The monoisotopic (exact) mass is 529 g/mol. The fourth-order valence-corrected chi connectivity index (χ4v) is 4.89. The second-order valence-electron chi connectivity index (χ2n) is 9.49. The summed E-state index contributed by atoms with van der Waals surface area (Å²) in [5.74, 6) is 1.02. The van der Waals surface area contributed by atoms with Gasteiger partial charge in [0.25, 0.3) is 0 Å². The highest BCUT2D eigenvalue weighted by atomic mass is 31.2. The SMILES string of the molecule is C[C@H](Nc1nc(C#N)nc2c1ccn2[C@@H]1O[C@H](COCP(=O)(O)O)[C@@H](O)[C@H]1O)c1ccc(C2CC2)cc1. The molecular formula is C24H28N5O7P. The minimum Gasteiger partial charge on any atom is -0.387 e. The molecule has 1 aliphatic heterocycles. The van der Waals surface area contributed by atoms with Crippen LogP contribution < -0.4 is 5.32 Å². The van der Waals surface area contributed by atoms with Crippen molar-refractivity contribution in [1.29, 1.82) is 5.26 Å². The van der Waals surface area contributed by atoms with Gasteiger partial charge in [0.1, 0.15) is 42.2 Å². The molecule has 0 amide bonds. The van der Waals surface area contributed by atoms with Crippen molar-refractivity contribution in [2.75, 3.05) is 18.3 Å². The third kappa shape index (κ3) is 5.54.